The summed E-state index contributed by atoms with van der Waals surface area (Å²) in [6, 6.07) is 8.48. The van der Waals surface area contributed by atoms with Gasteiger partial charge in [-0.1, -0.05) is 6.07 Å². The molecule has 8 rings (SSSR count). The first-order chi connectivity index (χ1) is 28.2. The second-order valence-electron chi connectivity index (χ2n) is 16.3. The van der Waals surface area contributed by atoms with E-state index in [0.29, 0.717) is 54.2 Å². The summed E-state index contributed by atoms with van der Waals surface area (Å²) in [5, 5.41) is 12.1. The van der Waals surface area contributed by atoms with Gasteiger partial charge in [-0.15, -0.1) is 0 Å². The van der Waals surface area contributed by atoms with Gasteiger partial charge in [0.2, 0.25) is 23.7 Å². The number of halogens is 2. The maximum Gasteiger partial charge on any atom is 0.254 e. The van der Waals surface area contributed by atoms with Crippen LogP contribution in [0.4, 0.5) is 26.2 Å². The summed E-state index contributed by atoms with van der Waals surface area (Å²) in [6.45, 7) is 2.55. The van der Waals surface area contributed by atoms with Gasteiger partial charge in [-0.3, -0.25) is 29.4 Å². The lowest BCUT2D eigenvalue weighted by Crippen LogP contribution is -2.47. The molecule has 1 unspecified atom stereocenters. The third-order valence-corrected chi connectivity index (χ3v) is 12.6. The molecular weight excluding hydrogens is 749 g/mol. The number of aromatic nitrogens is 3. The lowest BCUT2D eigenvalue weighted by molar-refractivity contribution is -0.133. The number of ether oxygens (including phenoxy) is 1. The number of imide groups is 1. The first-order valence-electron chi connectivity index (χ1n) is 20.7. The monoisotopic (exact) mass is 799 g/mol. The summed E-state index contributed by atoms with van der Waals surface area (Å²) in [7, 11) is 0. The second kappa shape index (κ2) is 17.8. The van der Waals surface area contributed by atoms with Gasteiger partial charge >= 0.3 is 0 Å². The lowest BCUT2D eigenvalue weighted by Gasteiger charge is -2.41. The second-order valence-corrected chi connectivity index (χ2v) is 16.3. The van der Waals surface area contributed by atoms with Crippen molar-refractivity contribution in [2.24, 2.45) is 5.92 Å². The highest BCUT2D eigenvalue weighted by molar-refractivity contribution is 6.01. The molecule has 0 radical (unpaired) electrons. The molecule has 3 aliphatic heterocycles. The molecule has 3 aromatic rings. The largest absolute Gasteiger partial charge is 0.374 e. The summed E-state index contributed by atoms with van der Waals surface area (Å²) >= 11 is 0. The van der Waals surface area contributed by atoms with Gasteiger partial charge in [-0.25, -0.2) is 23.7 Å². The number of morpholine rings is 1. The van der Waals surface area contributed by atoms with E-state index >= 15 is 4.39 Å². The number of hydrogen-bond acceptors (Lipinski definition) is 11. The SMILES string of the molecule is O=C1CCC(Nc2ccc(C3CCN([C@H]4CC[C@H](C(=O)NC5CCC(Nc6ncc(F)c(-c7ccnc(N8CCOCC8=O)c7)n6)CC5)CC4)CC3)c(F)c2)C(=O)N1. The molecule has 5 fully saturated rings. The number of anilines is 3. The zero-order valence-electron chi connectivity index (χ0n) is 32.6. The predicted molar refractivity (Wildman–Crippen MR) is 212 cm³/mol. The highest BCUT2D eigenvalue weighted by atomic mass is 19.1. The van der Waals surface area contributed by atoms with E-state index in [2.05, 4.69) is 41.1 Å². The van der Waals surface area contributed by atoms with Gasteiger partial charge in [0, 0.05) is 47.9 Å². The minimum Gasteiger partial charge on any atom is -0.374 e. The molecule has 0 spiro atoms. The van der Waals surface area contributed by atoms with E-state index < -0.39 is 11.9 Å². The first kappa shape index (κ1) is 39.7. The summed E-state index contributed by atoms with van der Waals surface area (Å²) in [5.74, 6) is -0.680. The molecule has 14 nitrogen and oxygen atoms in total. The van der Waals surface area contributed by atoms with Gasteiger partial charge in [0.25, 0.3) is 5.91 Å². The molecule has 1 aromatic carbocycles. The summed E-state index contributed by atoms with van der Waals surface area (Å²) in [6.07, 6.45) is 12.0. The normalized spacial score (nSPS) is 26.2. The van der Waals surface area contributed by atoms with Crippen LogP contribution in [0, 0.1) is 17.6 Å². The first-order valence-corrected chi connectivity index (χ1v) is 20.7. The molecule has 308 valence electrons. The molecular formula is C42H51F2N9O5. The standard InChI is InChI=1S/C42H51F2N9O5/c43-33-22-30(47-35-11-12-37(54)50-41(35)57)7-10-32(33)25-14-17-52(18-15-25)31-8-1-26(2-9-31)40(56)48-28-3-5-29(6-4-28)49-42-46-23-34(44)39(51-42)27-13-16-45-36(21-27)53-19-20-58-24-38(53)55/h7,10,13,16,21-23,25-26,28-29,31,35,47H,1-6,8-9,11-12,14-15,17-20,24H2,(H,48,56)(H,46,49,51)(H,50,54,57)/t26-,28?,29?,31-,35?. The smallest absolute Gasteiger partial charge is 0.254 e. The highest BCUT2D eigenvalue weighted by Crippen LogP contribution is 2.36. The van der Waals surface area contributed by atoms with Gasteiger partial charge in [0.05, 0.1) is 19.3 Å². The Morgan fingerprint density at radius 1 is 0.828 bits per heavy atom. The van der Waals surface area contributed by atoms with Crippen molar-refractivity contribution in [1.82, 2.24) is 30.5 Å². The molecule has 16 heteroatoms. The van der Waals surface area contributed by atoms with Gasteiger partial charge in [-0.05, 0) is 119 Å². The number of carbonyl (C=O) groups is 4. The van der Waals surface area contributed by atoms with E-state index in [4.69, 9.17) is 4.74 Å². The fraction of sp³-hybridized carbons (Fsp3) is 0.548. The van der Waals surface area contributed by atoms with Crippen LogP contribution in [0.15, 0.2) is 42.7 Å². The fourth-order valence-corrected chi connectivity index (χ4v) is 9.26. The molecule has 2 saturated carbocycles. The number of likely N-dealkylation sites (tertiary alicyclic amines) is 1. The molecule has 5 aliphatic rings. The molecule has 58 heavy (non-hydrogen) atoms. The number of nitrogens with one attached hydrogen (secondary N) is 4. The van der Waals surface area contributed by atoms with E-state index in [9.17, 15) is 23.6 Å². The highest BCUT2D eigenvalue weighted by Gasteiger charge is 2.34. The number of rotatable bonds is 10. The van der Waals surface area contributed by atoms with E-state index in [1.165, 1.54) is 17.2 Å². The zero-order chi connectivity index (χ0) is 40.2. The number of benzene rings is 1. The minimum absolute atomic E-state index is 0.00661. The van der Waals surface area contributed by atoms with Crippen LogP contribution >= 0.6 is 0 Å². The van der Waals surface area contributed by atoms with Gasteiger partial charge in [-0.2, -0.15) is 0 Å². The van der Waals surface area contributed by atoms with Crippen molar-refractivity contribution in [3.05, 3.63) is 59.9 Å². The molecule has 5 heterocycles. The molecule has 4 amide bonds. The van der Waals surface area contributed by atoms with Crippen LogP contribution in [0.25, 0.3) is 11.3 Å². The van der Waals surface area contributed by atoms with Crippen molar-refractivity contribution >= 4 is 41.1 Å². The number of pyridine rings is 1. The number of carbonyl (C=O) groups excluding carboxylic acids is 4. The van der Waals surface area contributed by atoms with Crippen molar-refractivity contribution in [1.29, 1.82) is 0 Å². The third-order valence-electron chi connectivity index (χ3n) is 12.6. The Kier molecular flexibility index (Phi) is 12.2. The topological polar surface area (TPSA) is 171 Å². The Morgan fingerprint density at radius 3 is 2.34 bits per heavy atom. The summed E-state index contributed by atoms with van der Waals surface area (Å²) < 4.78 is 35.4. The summed E-state index contributed by atoms with van der Waals surface area (Å²) in [5.41, 5.74) is 1.86. The van der Waals surface area contributed by atoms with E-state index in [1.807, 2.05) is 12.1 Å². The third kappa shape index (κ3) is 9.28. The number of nitrogens with zero attached hydrogens (tertiary/aromatic N) is 5. The quantitative estimate of drug-likeness (QED) is 0.210. The lowest BCUT2D eigenvalue weighted by atomic mass is 9.82. The van der Waals surface area contributed by atoms with Crippen molar-refractivity contribution in [3.8, 4) is 11.3 Å². The van der Waals surface area contributed by atoms with Crippen LogP contribution in [0.1, 0.15) is 88.5 Å². The van der Waals surface area contributed by atoms with Crippen molar-refractivity contribution < 1.29 is 32.7 Å². The van der Waals surface area contributed by atoms with Gasteiger partial charge in [0.1, 0.15) is 30.0 Å². The van der Waals surface area contributed by atoms with Crippen LogP contribution in [0.2, 0.25) is 0 Å². The van der Waals surface area contributed by atoms with E-state index in [1.54, 1.807) is 12.1 Å². The molecule has 2 aliphatic carbocycles. The molecule has 2 aromatic heterocycles. The maximum atomic E-state index is 15.3. The number of amides is 4. The number of hydrogen-bond donors (Lipinski definition) is 4. The van der Waals surface area contributed by atoms with E-state index in [0.717, 1.165) is 83.5 Å². The average Bonchev–Trinajstić information content (AvgIpc) is 3.24. The predicted octanol–water partition coefficient (Wildman–Crippen LogP) is 4.67. The van der Waals surface area contributed by atoms with Crippen molar-refractivity contribution in [2.45, 2.75) is 107 Å². The van der Waals surface area contributed by atoms with Gasteiger partial charge < -0.3 is 25.6 Å². The van der Waals surface area contributed by atoms with Crippen molar-refractivity contribution in [3.63, 3.8) is 0 Å². The van der Waals surface area contributed by atoms with Crippen LogP contribution < -0.4 is 26.2 Å². The Morgan fingerprint density at radius 2 is 1.60 bits per heavy atom. The molecule has 1 atom stereocenters. The average molecular weight is 800 g/mol. The van der Waals surface area contributed by atoms with Crippen molar-refractivity contribution in [2.75, 3.05) is 48.4 Å². The number of piperidine rings is 2. The molecule has 4 N–H and O–H groups in total. The van der Waals surface area contributed by atoms with Crippen LogP contribution in [-0.2, 0) is 23.9 Å². The van der Waals surface area contributed by atoms with E-state index in [-0.39, 0.29) is 72.1 Å². The van der Waals surface area contributed by atoms with Crippen LogP contribution in [0.5, 0.6) is 0 Å². The Bertz CT molecular complexity index is 2000. The van der Waals surface area contributed by atoms with Crippen LogP contribution in [-0.4, -0.2) is 100 Å². The van der Waals surface area contributed by atoms with Crippen LogP contribution in [0.3, 0.4) is 0 Å². The van der Waals surface area contributed by atoms with Gasteiger partial charge in [0.15, 0.2) is 5.82 Å². The Labute approximate surface area is 336 Å². The molecule has 0 bridgehead atoms. The zero-order valence-corrected chi connectivity index (χ0v) is 32.6. The fourth-order valence-electron chi connectivity index (χ4n) is 9.26. The Balaban J connectivity index is 0.754. The maximum absolute atomic E-state index is 15.3. The Hall–Kier alpha value is -5.09. The minimum atomic E-state index is -0.569. The summed E-state index contributed by atoms with van der Waals surface area (Å²) in [4.78, 5) is 66.3. The molecule has 3 saturated heterocycles.